The predicted octanol–water partition coefficient (Wildman–Crippen LogP) is 2.57. The first-order valence-corrected chi connectivity index (χ1v) is 8.70. The van der Waals surface area contributed by atoms with Gasteiger partial charge >= 0.3 is 0 Å². The highest BCUT2D eigenvalue weighted by atomic mass is 15.2. The normalized spacial score (nSPS) is 33.0. The zero-order valence-electron chi connectivity index (χ0n) is 14.1. The maximum Gasteiger partial charge on any atom is 0.0274 e. The second-order valence-electron chi connectivity index (χ2n) is 7.57. The van der Waals surface area contributed by atoms with Crippen LogP contribution in [0.1, 0.15) is 52.9 Å². The second-order valence-corrected chi connectivity index (χ2v) is 7.57. The first-order chi connectivity index (χ1) is 9.54. The predicted molar refractivity (Wildman–Crippen MR) is 87.2 cm³/mol. The molecule has 20 heavy (non-hydrogen) atoms. The van der Waals surface area contributed by atoms with Crippen molar-refractivity contribution >= 4 is 0 Å². The fraction of sp³-hybridized carbons (Fsp3) is 1.00. The summed E-state index contributed by atoms with van der Waals surface area (Å²) in [5.74, 6) is 0. The van der Waals surface area contributed by atoms with Crippen LogP contribution in [0.5, 0.6) is 0 Å². The Bertz CT molecular complexity index is 290. The van der Waals surface area contributed by atoms with Gasteiger partial charge in [-0.15, -0.1) is 0 Å². The second kappa shape index (κ2) is 7.24. The molecule has 2 fully saturated rings. The molecule has 0 amide bonds. The van der Waals surface area contributed by atoms with E-state index in [1.54, 1.807) is 0 Å². The van der Waals surface area contributed by atoms with Gasteiger partial charge in [-0.2, -0.15) is 0 Å². The summed E-state index contributed by atoms with van der Waals surface area (Å²) in [5, 5.41) is 3.89. The lowest BCUT2D eigenvalue weighted by atomic mass is 9.70. The van der Waals surface area contributed by atoms with Crippen LogP contribution in [0, 0.1) is 5.41 Å². The monoisotopic (exact) mass is 281 g/mol. The van der Waals surface area contributed by atoms with E-state index in [-0.39, 0.29) is 0 Å². The van der Waals surface area contributed by atoms with Crippen molar-refractivity contribution in [1.29, 1.82) is 0 Å². The van der Waals surface area contributed by atoms with Gasteiger partial charge in [0.2, 0.25) is 0 Å². The molecule has 2 unspecified atom stereocenters. The fourth-order valence-corrected chi connectivity index (χ4v) is 4.11. The van der Waals surface area contributed by atoms with Crippen LogP contribution in [0.4, 0.5) is 0 Å². The number of nitrogens with zero attached hydrogens (tertiary/aromatic N) is 2. The van der Waals surface area contributed by atoms with E-state index in [0.717, 1.165) is 6.04 Å². The zero-order chi connectivity index (χ0) is 14.6. The summed E-state index contributed by atoms with van der Waals surface area (Å²) in [6.07, 6.45) is 6.72. The molecular formula is C17H35N3. The van der Waals surface area contributed by atoms with Gasteiger partial charge in [-0.3, -0.25) is 4.90 Å². The number of rotatable bonds is 4. The fourth-order valence-electron chi connectivity index (χ4n) is 4.11. The lowest BCUT2D eigenvalue weighted by Gasteiger charge is -2.48. The van der Waals surface area contributed by atoms with E-state index in [1.165, 1.54) is 64.8 Å². The smallest absolute Gasteiger partial charge is 0.0274 e. The molecule has 2 rings (SSSR count). The molecule has 2 aliphatic rings. The van der Waals surface area contributed by atoms with E-state index >= 15 is 0 Å². The molecule has 0 radical (unpaired) electrons. The van der Waals surface area contributed by atoms with E-state index in [1.807, 2.05) is 0 Å². The maximum absolute atomic E-state index is 3.89. The summed E-state index contributed by atoms with van der Waals surface area (Å²) >= 11 is 0. The quantitative estimate of drug-likeness (QED) is 0.854. The van der Waals surface area contributed by atoms with E-state index < -0.39 is 0 Å². The molecule has 0 spiro atoms. The van der Waals surface area contributed by atoms with Crippen molar-refractivity contribution in [2.45, 2.75) is 65.0 Å². The zero-order valence-corrected chi connectivity index (χ0v) is 14.1. The van der Waals surface area contributed by atoms with Crippen LogP contribution >= 0.6 is 0 Å². The Kier molecular flexibility index (Phi) is 5.88. The minimum atomic E-state index is 0.441. The van der Waals surface area contributed by atoms with Gasteiger partial charge in [0.1, 0.15) is 0 Å². The number of nitrogens with one attached hydrogen (secondary N) is 1. The van der Waals surface area contributed by atoms with Gasteiger partial charge in [-0.25, -0.2) is 0 Å². The molecule has 118 valence electrons. The first kappa shape index (κ1) is 16.3. The molecule has 1 N–H and O–H groups in total. The number of likely N-dealkylation sites (N-methyl/N-ethyl adjacent to an activating group) is 1. The number of hydrogen-bond donors (Lipinski definition) is 1. The van der Waals surface area contributed by atoms with Gasteiger partial charge in [-0.1, -0.05) is 27.2 Å². The molecule has 2 atom stereocenters. The summed E-state index contributed by atoms with van der Waals surface area (Å²) in [5.41, 5.74) is 0.441. The minimum Gasteiger partial charge on any atom is -0.312 e. The molecule has 3 nitrogen and oxygen atoms in total. The van der Waals surface area contributed by atoms with Crippen molar-refractivity contribution < 1.29 is 0 Å². The van der Waals surface area contributed by atoms with Crippen molar-refractivity contribution in [2.75, 3.05) is 39.8 Å². The average Bonchev–Trinajstić information content (AvgIpc) is 2.61. The minimum absolute atomic E-state index is 0.441. The third-order valence-corrected chi connectivity index (χ3v) is 5.39. The highest BCUT2D eigenvalue weighted by molar-refractivity contribution is 4.98. The van der Waals surface area contributed by atoms with Crippen molar-refractivity contribution in [3.8, 4) is 0 Å². The van der Waals surface area contributed by atoms with Crippen molar-refractivity contribution in [3.63, 3.8) is 0 Å². The van der Waals surface area contributed by atoms with E-state index in [9.17, 15) is 0 Å². The van der Waals surface area contributed by atoms with Crippen LogP contribution in [0.3, 0.4) is 0 Å². The molecule has 3 heteroatoms. The topological polar surface area (TPSA) is 18.5 Å². The van der Waals surface area contributed by atoms with Gasteiger partial charge < -0.3 is 10.2 Å². The van der Waals surface area contributed by atoms with Crippen molar-refractivity contribution in [1.82, 2.24) is 15.1 Å². The Morgan fingerprint density at radius 3 is 2.65 bits per heavy atom. The Morgan fingerprint density at radius 2 is 1.90 bits per heavy atom. The SMILES string of the molecule is CCCNC1C(N2CCCN(C)CC2)CCCC1(C)C. The van der Waals surface area contributed by atoms with Crippen LogP contribution in [0.25, 0.3) is 0 Å². The van der Waals surface area contributed by atoms with Crippen LogP contribution in [0.15, 0.2) is 0 Å². The Labute approximate surface area is 126 Å². The molecule has 1 saturated carbocycles. The van der Waals surface area contributed by atoms with Gasteiger partial charge in [0.15, 0.2) is 0 Å². The highest BCUT2D eigenvalue weighted by Crippen LogP contribution is 2.38. The van der Waals surface area contributed by atoms with Crippen LogP contribution < -0.4 is 5.32 Å². The average molecular weight is 281 g/mol. The summed E-state index contributed by atoms with van der Waals surface area (Å²) in [7, 11) is 2.27. The lowest BCUT2D eigenvalue weighted by Crippen LogP contribution is -2.59. The summed E-state index contributed by atoms with van der Waals surface area (Å²) in [6, 6.07) is 1.41. The Hall–Kier alpha value is -0.120. The van der Waals surface area contributed by atoms with Crippen LogP contribution in [-0.4, -0.2) is 61.7 Å². The summed E-state index contributed by atoms with van der Waals surface area (Å²) in [6.45, 7) is 13.4. The first-order valence-electron chi connectivity index (χ1n) is 8.70. The van der Waals surface area contributed by atoms with E-state index in [4.69, 9.17) is 0 Å². The van der Waals surface area contributed by atoms with Crippen LogP contribution in [0.2, 0.25) is 0 Å². The third-order valence-electron chi connectivity index (χ3n) is 5.39. The molecule has 0 aromatic carbocycles. The van der Waals surface area contributed by atoms with Gasteiger partial charge in [-0.05, 0) is 57.8 Å². The Balaban J connectivity index is 2.05. The lowest BCUT2D eigenvalue weighted by molar-refractivity contribution is 0.0506. The summed E-state index contributed by atoms with van der Waals surface area (Å²) in [4.78, 5) is 5.28. The largest absolute Gasteiger partial charge is 0.312 e. The molecule has 0 aromatic heterocycles. The summed E-state index contributed by atoms with van der Waals surface area (Å²) < 4.78 is 0. The Morgan fingerprint density at radius 1 is 1.10 bits per heavy atom. The van der Waals surface area contributed by atoms with E-state index in [2.05, 4.69) is 42.9 Å². The third kappa shape index (κ3) is 3.96. The van der Waals surface area contributed by atoms with E-state index in [0.29, 0.717) is 11.5 Å². The molecule has 0 aromatic rings. The standard InChI is InChI=1S/C17H35N3/c1-5-10-18-16-15(8-6-9-17(16,2)3)20-12-7-11-19(4)13-14-20/h15-16,18H,5-14H2,1-4H3. The van der Waals surface area contributed by atoms with Crippen molar-refractivity contribution in [3.05, 3.63) is 0 Å². The van der Waals surface area contributed by atoms with Crippen molar-refractivity contribution in [2.24, 2.45) is 5.41 Å². The highest BCUT2D eigenvalue weighted by Gasteiger charge is 2.41. The van der Waals surface area contributed by atoms with Gasteiger partial charge in [0, 0.05) is 25.2 Å². The molecule has 1 heterocycles. The van der Waals surface area contributed by atoms with Gasteiger partial charge in [0.05, 0.1) is 0 Å². The number of hydrogen-bond acceptors (Lipinski definition) is 3. The van der Waals surface area contributed by atoms with Gasteiger partial charge in [0.25, 0.3) is 0 Å². The molecular weight excluding hydrogens is 246 g/mol. The maximum atomic E-state index is 3.89. The molecule has 1 saturated heterocycles. The molecule has 1 aliphatic heterocycles. The molecule has 1 aliphatic carbocycles. The molecule has 0 bridgehead atoms. The van der Waals surface area contributed by atoms with Crippen LogP contribution in [-0.2, 0) is 0 Å².